The van der Waals surface area contributed by atoms with Crippen molar-refractivity contribution in [3.05, 3.63) is 46.3 Å². The van der Waals surface area contributed by atoms with Crippen LogP contribution in [0.1, 0.15) is 30.8 Å². The summed E-state index contributed by atoms with van der Waals surface area (Å²) >= 11 is 13.6. The number of imidazole rings is 1. The normalized spacial score (nSPS) is 19.3. The summed E-state index contributed by atoms with van der Waals surface area (Å²) in [4.78, 5) is 4.09. The molecule has 0 aliphatic carbocycles. The van der Waals surface area contributed by atoms with Crippen molar-refractivity contribution in [2.75, 3.05) is 12.3 Å². The third kappa shape index (κ3) is 3.32. The fourth-order valence-electron chi connectivity index (χ4n) is 2.48. The summed E-state index contributed by atoms with van der Waals surface area (Å²) in [5, 5.41) is 0.620. The van der Waals surface area contributed by atoms with Gasteiger partial charge < -0.3 is 4.57 Å². The number of sulfonamides is 1. The van der Waals surface area contributed by atoms with Gasteiger partial charge in [0, 0.05) is 24.5 Å². The maximum atomic E-state index is 13.0. The second-order valence-electron chi connectivity index (χ2n) is 5.77. The molecular weight excluding hydrogens is 389 g/mol. The van der Waals surface area contributed by atoms with Crippen molar-refractivity contribution in [1.29, 1.82) is 0 Å². The Morgan fingerprint density at radius 2 is 2.04 bits per heavy atom. The van der Waals surface area contributed by atoms with Crippen molar-refractivity contribution in [1.82, 2.24) is 13.9 Å². The Hall–Kier alpha value is -0.730. The standard InChI is InChI=1S/C15H17Cl2N3O2S2/c1-10(2)19-8-14(18-9-19)24(21,22)20-5-6-23-15(20)11-3-4-12(16)13(17)7-11/h3-4,7-10,15H,5-6H2,1-2H3/t15-/m0/s1. The van der Waals surface area contributed by atoms with Gasteiger partial charge in [-0.25, -0.2) is 13.4 Å². The van der Waals surface area contributed by atoms with Crippen molar-refractivity contribution in [2.24, 2.45) is 0 Å². The molecule has 9 heteroatoms. The highest BCUT2D eigenvalue weighted by Crippen LogP contribution is 2.42. The molecule has 0 radical (unpaired) electrons. The molecule has 1 fully saturated rings. The van der Waals surface area contributed by atoms with Gasteiger partial charge in [0.1, 0.15) is 0 Å². The average molecular weight is 406 g/mol. The van der Waals surface area contributed by atoms with Crippen LogP contribution in [0.4, 0.5) is 0 Å². The van der Waals surface area contributed by atoms with Crippen LogP contribution in [0.25, 0.3) is 0 Å². The minimum atomic E-state index is -3.67. The fraction of sp³-hybridized carbons (Fsp3) is 0.400. The lowest BCUT2D eigenvalue weighted by atomic mass is 10.2. The van der Waals surface area contributed by atoms with Crippen LogP contribution in [0.3, 0.4) is 0 Å². The molecule has 0 amide bonds. The minimum absolute atomic E-state index is 0.0729. The quantitative estimate of drug-likeness (QED) is 0.764. The molecule has 3 rings (SSSR count). The van der Waals surface area contributed by atoms with E-state index in [0.29, 0.717) is 16.6 Å². The summed E-state index contributed by atoms with van der Waals surface area (Å²) in [6.45, 7) is 4.39. The van der Waals surface area contributed by atoms with E-state index in [-0.39, 0.29) is 16.4 Å². The van der Waals surface area contributed by atoms with Gasteiger partial charge in [0.15, 0.2) is 5.03 Å². The first-order valence-electron chi connectivity index (χ1n) is 7.42. The average Bonchev–Trinajstić information content (AvgIpc) is 3.19. The number of hydrogen-bond donors (Lipinski definition) is 0. The van der Waals surface area contributed by atoms with Crippen molar-refractivity contribution in [3.8, 4) is 0 Å². The van der Waals surface area contributed by atoms with Crippen LogP contribution in [0.2, 0.25) is 10.0 Å². The molecule has 1 aromatic carbocycles. The summed E-state index contributed by atoms with van der Waals surface area (Å²) in [7, 11) is -3.67. The highest BCUT2D eigenvalue weighted by molar-refractivity contribution is 8.00. The second kappa shape index (κ2) is 6.88. The van der Waals surface area contributed by atoms with E-state index >= 15 is 0 Å². The van der Waals surface area contributed by atoms with E-state index in [2.05, 4.69) is 4.98 Å². The third-order valence-corrected chi connectivity index (χ3v) is 7.71. The highest BCUT2D eigenvalue weighted by atomic mass is 35.5. The molecule has 130 valence electrons. The Morgan fingerprint density at radius 3 is 2.67 bits per heavy atom. The lowest BCUT2D eigenvalue weighted by Crippen LogP contribution is -2.30. The first-order valence-corrected chi connectivity index (χ1v) is 10.7. The molecule has 0 saturated carbocycles. The van der Waals surface area contributed by atoms with Gasteiger partial charge >= 0.3 is 0 Å². The fourth-order valence-corrected chi connectivity index (χ4v) is 5.94. The lowest BCUT2D eigenvalue weighted by molar-refractivity contribution is 0.432. The van der Waals surface area contributed by atoms with Crippen LogP contribution >= 0.6 is 35.0 Å². The Bertz CT molecular complexity index is 852. The smallest absolute Gasteiger partial charge is 0.263 e. The van der Waals surface area contributed by atoms with Crippen molar-refractivity contribution >= 4 is 45.0 Å². The zero-order chi connectivity index (χ0) is 17.5. The second-order valence-corrected chi connectivity index (χ2v) is 9.61. The van der Waals surface area contributed by atoms with Gasteiger partial charge in [0.25, 0.3) is 10.0 Å². The van der Waals surface area contributed by atoms with Gasteiger partial charge in [-0.2, -0.15) is 4.31 Å². The number of nitrogens with zero attached hydrogens (tertiary/aromatic N) is 3. The third-order valence-electron chi connectivity index (χ3n) is 3.82. The Balaban J connectivity index is 1.95. The van der Waals surface area contributed by atoms with E-state index in [1.54, 1.807) is 41.0 Å². The van der Waals surface area contributed by atoms with Gasteiger partial charge in [-0.15, -0.1) is 11.8 Å². The molecule has 1 aliphatic heterocycles. The van der Waals surface area contributed by atoms with Gasteiger partial charge in [-0.1, -0.05) is 29.3 Å². The Labute approximate surface area is 156 Å². The van der Waals surface area contributed by atoms with E-state index < -0.39 is 10.0 Å². The van der Waals surface area contributed by atoms with Crippen LogP contribution in [0, 0.1) is 0 Å². The van der Waals surface area contributed by atoms with Crippen LogP contribution in [-0.2, 0) is 10.0 Å². The predicted octanol–water partition coefficient (Wildman–Crippen LogP) is 4.21. The minimum Gasteiger partial charge on any atom is -0.334 e. The Morgan fingerprint density at radius 1 is 1.29 bits per heavy atom. The molecule has 0 bridgehead atoms. The zero-order valence-corrected chi connectivity index (χ0v) is 16.3. The molecule has 1 aromatic heterocycles. The lowest BCUT2D eigenvalue weighted by Gasteiger charge is -2.22. The molecule has 2 aromatic rings. The van der Waals surface area contributed by atoms with Crippen LogP contribution in [0.15, 0.2) is 35.7 Å². The van der Waals surface area contributed by atoms with Crippen LogP contribution < -0.4 is 0 Å². The van der Waals surface area contributed by atoms with Gasteiger partial charge in [0.05, 0.1) is 21.7 Å². The SMILES string of the molecule is CC(C)n1cnc(S(=O)(=O)N2CCS[C@H]2c2ccc(Cl)c(Cl)c2)c1. The number of hydrogen-bond acceptors (Lipinski definition) is 4. The van der Waals surface area contributed by atoms with E-state index in [0.717, 1.165) is 11.3 Å². The van der Waals surface area contributed by atoms with Crippen molar-refractivity contribution < 1.29 is 8.42 Å². The summed E-state index contributed by atoms with van der Waals surface area (Å²) in [6.07, 6.45) is 3.13. The van der Waals surface area contributed by atoms with Gasteiger partial charge in [-0.3, -0.25) is 0 Å². The number of benzene rings is 1. The molecule has 1 aliphatic rings. The van der Waals surface area contributed by atoms with Crippen molar-refractivity contribution in [3.63, 3.8) is 0 Å². The predicted molar refractivity (Wildman–Crippen MR) is 98.2 cm³/mol. The Kier molecular flexibility index (Phi) is 5.18. The number of aromatic nitrogens is 2. The number of rotatable bonds is 4. The first kappa shape index (κ1) is 18.1. The maximum absolute atomic E-state index is 13.0. The van der Waals surface area contributed by atoms with E-state index in [1.165, 1.54) is 4.31 Å². The highest BCUT2D eigenvalue weighted by Gasteiger charge is 2.38. The molecule has 24 heavy (non-hydrogen) atoms. The summed E-state index contributed by atoms with van der Waals surface area (Å²) in [6, 6.07) is 5.38. The van der Waals surface area contributed by atoms with Gasteiger partial charge in [-0.05, 0) is 31.5 Å². The number of thioether (sulfide) groups is 1. The largest absolute Gasteiger partial charge is 0.334 e. The van der Waals surface area contributed by atoms with E-state index in [9.17, 15) is 8.42 Å². The first-order chi connectivity index (χ1) is 11.3. The molecule has 1 atom stereocenters. The molecule has 0 unspecified atom stereocenters. The van der Waals surface area contributed by atoms with E-state index in [4.69, 9.17) is 23.2 Å². The number of halogens is 2. The topological polar surface area (TPSA) is 55.2 Å². The van der Waals surface area contributed by atoms with Gasteiger partial charge in [0.2, 0.25) is 0 Å². The molecular formula is C15H17Cl2N3O2S2. The molecule has 2 heterocycles. The molecule has 0 N–H and O–H groups in total. The molecule has 5 nitrogen and oxygen atoms in total. The van der Waals surface area contributed by atoms with E-state index in [1.807, 2.05) is 19.9 Å². The van der Waals surface area contributed by atoms with Crippen molar-refractivity contribution in [2.45, 2.75) is 30.3 Å². The summed E-state index contributed by atoms with van der Waals surface area (Å²) in [5.41, 5.74) is 0.818. The summed E-state index contributed by atoms with van der Waals surface area (Å²) < 4.78 is 29.2. The zero-order valence-electron chi connectivity index (χ0n) is 13.2. The maximum Gasteiger partial charge on any atom is 0.263 e. The van der Waals surface area contributed by atoms with Crippen LogP contribution in [-0.4, -0.2) is 34.6 Å². The summed E-state index contributed by atoms with van der Waals surface area (Å²) in [5.74, 6) is 0.717. The molecule has 0 spiro atoms. The molecule has 1 saturated heterocycles. The monoisotopic (exact) mass is 405 g/mol. The van der Waals surface area contributed by atoms with Crippen LogP contribution in [0.5, 0.6) is 0 Å².